The third-order valence-corrected chi connectivity index (χ3v) is 2.38. The number of amides is 1. The van der Waals surface area contributed by atoms with Gasteiger partial charge in [-0.25, -0.2) is 4.98 Å². The SMILES string of the molecule is Cc1noc(CNC(=O)c2cc(N)cnc2Cl)n1. The average molecular weight is 268 g/mol. The predicted molar refractivity (Wildman–Crippen MR) is 63.9 cm³/mol. The molecule has 7 nitrogen and oxygen atoms in total. The predicted octanol–water partition coefficient (Wildman–Crippen LogP) is 0.939. The molecule has 0 aliphatic carbocycles. The molecule has 1 amide bonds. The molecule has 8 heteroatoms. The molecule has 0 aliphatic heterocycles. The van der Waals surface area contributed by atoms with Crippen LogP contribution in [0.4, 0.5) is 5.69 Å². The van der Waals surface area contributed by atoms with Gasteiger partial charge in [0.05, 0.1) is 24.0 Å². The summed E-state index contributed by atoms with van der Waals surface area (Å²) in [5.74, 6) is 0.410. The van der Waals surface area contributed by atoms with Crippen LogP contribution in [0.2, 0.25) is 5.15 Å². The van der Waals surface area contributed by atoms with Crippen molar-refractivity contribution in [2.24, 2.45) is 0 Å². The Hall–Kier alpha value is -2.15. The van der Waals surface area contributed by atoms with Gasteiger partial charge in [0.1, 0.15) is 5.15 Å². The van der Waals surface area contributed by atoms with Crippen LogP contribution in [-0.2, 0) is 6.54 Å². The molecule has 0 saturated carbocycles. The van der Waals surface area contributed by atoms with Crippen LogP contribution >= 0.6 is 11.6 Å². The fraction of sp³-hybridized carbons (Fsp3) is 0.200. The molecule has 0 unspecified atom stereocenters. The third-order valence-electron chi connectivity index (χ3n) is 2.07. The number of nitrogens with one attached hydrogen (secondary N) is 1. The van der Waals surface area contributed by atoms with Crippen molar-refractivity contribution in [1.82, 2.24) is 20.4 Å². The number of nitrogens with two attached hydrogens (primary N) is 1. The van der Waals surface area contributed by atoms with Gasteiger partial charge in [0.2, 0.25) is 5.89 Å². The maximum atomic E-state index is 11.8. The molecule has 3 N–H and O–H groups in total. The van der Waals surface area contributed by atoms with E-state index >= 15 is 0 Å². The van der Waals surface area contributed by atoms with E-state index in [0.29, 0.717) is 17.4 Å². The lowest BCUT2D eigenvalue weighted by molar-refractivity contribution is 0.0946. The van der Waals surface area contributed by atoms with Crippen molar-refractivity contribution in [2.45, 2.75) is 13.5 Å². The molecule has 0 aliphatic rings. The number of hydrogen-bond acceptors (Lipinski definition) is 6. The molecule has 18 heavy (non-hydrogen) atoms. The lowest BCUT2D eigenvalue weighted by Gasteiger charge is -2.04. The Morgan fingerprint density at radius 3 is 3.06 bits per heavy atom. The highest BCUT2D eigenvalue weighted by Crippen LogP contribution is 2.15. The van der Waals surface area contributed by atoms with Gasteiger partial charge in [-0.2, -0.15) is 4.98 Å². The molecule has 0 saturated heterocycles. The molecule has 0 aromatic carbocycles. The molecular formula is C10H10ClN5O2. The third kappa shape index (κ3) is 2.75. The van der Waals surface area contributed by atoms with Gasteiger partial charge in [0.15, 0.2) is 5.82 Å². The number of pyridine rings is 1. The summed E-state index contributed by atoms with van der Waals surface area (Å²) < 4.78 is 4.86. The van der Waals surface area contributed by atoms with Crippen molar-refractivity contribution < 1.29 is 9.32 Å². The van der Waals surface area contributed by atoms with Gasteiger partial charge in [-0.3, -0.25) is 4.79 Å². The van der Waals surface area contributed by atoms with E-state index in [0.717, 1.165) is 0 Å². The fourth-order valence-electron chi connectivity index (χ4n) is 1.29. The monoisotopic (exact) mass is 267 g/mol. The quantitative estimate of drug-likeness (QED) is 0.802. The van der Waals surface area contributed by atoms with E-state index in [1.807, 2.05) is 0 Å². The summed E-state index contributed by atoms with van der Waals surface area (Å²) in [4.78, 5) is 19.6. The van der Waals surface area contributed by atoms with Crippen molar-refractivity contribution in [2.75, 3.05) is 5.73 Å². The van der Waals surface area contributed by atoms with E-state index in [1.165, 1.54) is 12.3 Å². The molecule has 0 bridgehead atoms. The minimum atomic E-state index is -0.407. The first-order valence-electron chi connectivity index (χ1n) is 5.04. The normalized spacial score (nSPS) is 10.3. The van der Waals surface area contributed by atoms with Crippen LogP contribution in [0, 0.1) is 6.92 Å². The zero-order valence-electron chi connectivity index (χ0n) is 9.48. The van der Waals surface area contributed by atoms with Gasteiger partial charge in [0, 0.05) is 0 Å². The Balaban J connectivity index is 2.05. The van der Waals surface area contributed by atoms with Gasteiger partial charge in [-0.15, -0.1) is 0 Å². The summed E-state index contributed by atoms with van der Waals surface area (Å²) in [5.41, 5.74) is 6.10. The Kier molecular flexibility index (Phi) is 3.42. The van der Waals surface area contributed by atoms with Crippen molar-refractivity contribution in [1.29, 1.82) is 0 Å². The number of nitrogen functional groups attached to an aromatic ring is 1. The Bertz CT molecular complexity index is 583. The zero-order chi connectivity index (χ0) is 13.1. The largest absolute Gasteiger partial charge is 0.397 e. The van der Waals surface area contributed by atoms with E-state index in [2.05, 4.69) is 20.4 Å². The summed E-state index contributed by atoms with van der Waals surface area (Å²) in [5, 5.41) is 6.27. The molecule has 0 spiro atoms. The van der Waals surface area contributed by atoms with Gasteiger partial charge >= 0.3 is 0 Å². The number of aromatic nitrogens is 3. The summed E-state index contributed by atoms with van der Waals surface area (Å²) in [6, 6.07) is 1.45. The summed E-state index contributed by atoms with van der Waals surface area (Å²) in [7, 11) is 0. The molecular weight excluding hydrogens is 258 g/mol. The van der Waals surface area contributed by atoms with E-state index in [9.17, 15) is 4.79 Å². The van der Waals surface area contributed by atoms with Crippen LogP contribution in [0.5, 0.6) is 0 Å². The zero-order valence-corrected chi connectivity index (χ0v) is 10.2. The topological polar surface area (TPSA) is 107 Å². The first-order chi connectivity index (χ1) is 8.56. The first kappa shape index (κ1) is 12.3. The van der Waals surface area contributed by atoms with Crippen molar-refractivity contribution >= 4 is 23.2 Å². The highest BCUT2D eigenvalue weighted by Gasteiger charge is 2.13. The fourth-order valence-corrected chi connectivity index (χ4v) is 1.48. The van der Waals surface area contributed by atoms with E-state index < -0.39 is 5.91 Å². The highest BCUT2D eigenvalue weighted by molar-refractivity contribution is 6.32. The first-order valence-corrected chi connectivity index (χ1v) is 5.42. The lowest BCUT2D eigenvalue weighted by atomic mass is 10.2. The molecule has 2 aromatic rings. The molecule has 0 fully saturated rings. The van der Waals surface area contributed by atoms with Crippen LogP contribution < -0.4 is 11.1 Å². The van der Waals surface area contributed by atoms with Crippen LogP contribution in [0.1, 0.15) is 22.1 Å². The van der Waals surface area contributed by atoms with Crippen LogP contribution in [-0.4, -0.2) is 21.0 Å². The van der Waals surface area contributed by atoms with Crippen LogP contribution in [0.25, 0.3) is 0 Å². The maximum absolute atomic E-state index is 11.8. The number of hydrogen-bond donors (Lipinski definition) is 2. The van der Waals surface area contributed by atoms with Crippen molar-refractivity contribution in [3.05, 3.63) is 34.7 Å². The van der Waals surface area contributed by atoms with Crippen LogP contribution in [0.3, 0.4) is 0 Å². The second-order valence-electron chi connectivity index (χ2n) is 3.53. The van der Waals surface area contributed by atoms with E-state index in [4.69, 9.17) is 21.9 Å². The highest BCUT2D eigenvalue weighted by atomic mass is 35.5. The Morgan fingerprint density at radius 2 is 2.39 bits per heavy atom. The number of nitrogens with zero attached hydrogens (tertiary/aromatic N) is 3. The number of rotatable bonds is 3. The van der Waals surface area contributed by atoms with Crippen molar-refractivity contribution in [3.8, 4) is 0 Å². The van der Waals surface area contributed by atoms with E-state index in [1.54, 1.807) is 6.92 Å². The van der Waals surface area contributed by atoms with Gasteiger partial charge in [-0.05, 0) is 13.0 Å². The summed E-state index contributed by atoms with van der Waals surface area (Å²) in [6.07, 6.45) is 1.38. The Morgan fingerprint density at radius 1 is 1.61 bits per heavy atom. The number of carbonyl (C=O) groups is 1. The average Bonchev–Trinajstić information content (AvgIpc) is 2.75. The number of aryl methyl sites for hydroxylation is 1. The Labute approximate surface area is 107 Å². The second-order valence-corrected chi connectivity index (χ2v) is 3.88. The number of anilines is 1. The van der Waals surface area contributed by atoms with Gasteiger partial charge in [-0.1, -0.05) is 16.8 Å². The second kappa shape index (κ2) is 5.01. The smallest absolute Gasteiger partial charge is 0.254 e. The molecule has 0 radical (unpaired) electrons. The molecule has 2 heterocycles. The van der Waals surface area contributed by atoms with E-state index in [-0.39, 0.29) is 17.3 Å². The molecule has 2 aromatic heterocycles. The summed E-state index contributed by atoms with van der Waals surface area (Å²) in [6.45, 7) is 1.80. The minimum absolute atomic E-state index is 0.0865. The molecule has 0 atom stereocenters. The standard InChI is InChI=1S/C10H10ClN5O2/c1-5-15-8(18-16-5)4-14-10(17)7-2-6(12)3-13-9(7)11/h2-3H,4,12H2,1H3,(H,14,17). The minimum Gasteiger partial charge on any atom is -0.397 e. The lowest BCUT2D eigenvalue weighted by Crippen LogP contribution is -2.23. The number of halogens is 1. The number of carbonyl (C=O) groups excluding carboxylic acids is 1. The molecule has 2 rings (SSSR count). The van der Waals surface area contributed by atoms with Gasteiger partial charge < -0.3 is 15.6 Å². The van der Waals surface area contributed by atoms with Gasteiger partial charge in [0.25, 0.3) is 5.91 Å². The van der Waals surface area contributed by atoms with Crippen molar-refractivity contribution in [3.63, 3.8) is 0 Å². The molecule has 94 valence electrons. The van der Waals surface area contributed by atoms with Crippen LogP contribution in [0.15, 0.2) is 16.8 Å². The maximum Gasteiger partial charge on any atom is 0.254 e. The summed E-state index contributed by atoms with van der Waals surface area (Å²) >= 11 is 5.80.